The Labute approximate surface area is 128 Å². The minimum absolute atomic E-state index is 0.244. The molecular formula is C17H19BrFN. The van der Waals surface area contributed by atoms with Crippen LogP contribution < -0.4 is 5.73 Å². The van der Waals surface area contributed by atoms with Crippen molar-refractivity contribution < 1.29 is 4.39 Å². The molecule has 20 heavy (non-hydrogen) atoms. The van der Waals surface area contributed by atoms with Crippen molar-refractivity contribution >= 4 is 15.9 Å². The maximum Gasteiger partial charge on any atom is 0.124 e. The quantitative estimate of drug-likeness (QED) is 0.870. The molecule has 0 spiro atoms. The Hall–Kier alpha value is -1.19. The van der Waals surface area contributed by atoms with E-state index in [4.69, 9.17) is 5.73 Å². The second kappa shape index (κ2) is 6.06. The van der Waals surface area contributed by atoms with Gasteiger partial charge in [-0.15, -0.1) is 0 Å². The molecule has 1 unspecified atom stereocenters. The van der Waals surface area contributed by atoms with Crippen LogP contribution >= 0.6 is 15.9 Å². The highest BCUT2D eigenvalue weighted by molar-refractivity contribution is 9.10. The number of halogens is 2. The minimum atomic E-state index is -0.514. The first-order valence-electron chi connectivity index (χ1n) is 6.74. The maximum absolute atomic E-state index is 13.4. The van der Waals surface area contributed by atoms with Crippen LogP contribution in [0.1, 0.15) is 30.5 Å². The summed E-state index contributed by atoms with van der Waals surface area (Å²) in [6.45, 7) is 4.10. The third kappa shape index (κ3) is 3.68. The van der Waals surface area contributed by atoms with E-state index in [9.17, 15) is 4.39 Å². The van der Waals surface area contributed by atoms with E-state index in [1.54, 1.807) is 0 Å². The fourth-order valence-electron chi connectivity index (χ4n) is 2.36. The first-order valence-corrected chi connectivity index (χ1v) is 7.53. The molecule has 0 saturated carbocycles. The number of nitrogens with two attached hydrogens (primary N) is 1. The largest absolute Gasteiger partial charge is 0.321 e. The Morgan fingerprint density at radius 3 is 2.30 bits per heavy atom. The summed E-state index contributed by atoms with van der Waals surface area (Å²) < 4.78 is 14.2. The van der Waals surface area contributed by atoms with Gasteiger partial charge >= 0.3 is 0 Å². The van der Waals surface area contributed by atoms with Crippen LogP contribution in [0.25, 0.3) is 0 Å². The lowest BCUT2D eigenvalue weighted by Gasteiger charge is -2.26. The number of hydrogen-bond acceptors (Lipinski definition) is 1. The van der Waals surface area contributed by atoms with Crippen molar-refractivity contribution in [1.82, 2.24) is 0 Å². The zero-order valence-corrected chi connectivity index (χ0v) is 13.4. The van der Waals surface area contributed by atoms with E-state index < -0.39 is 5.54 Å². The Morgan fingerprint density at radius 2 is 1.75 bits per heavy atom. The van der Waals surface area contributed by atoms with Crippen LogP contribution in [0.15, 0.2) is 46.9 Å². The summed E-state index contributed by atoms with van der Waals surface area (Å²) in [5.41, 5.74) is 9.15. The van der Waals surface area contributed by atoms with Gasteiger partial charge < -0.3 is 5.73 Å². The summed E-state index contributed by atoms with van der Waals surface area (Å²) in [7, 11) is 0. The van der Waals surface area contributed by atoms with Gasteiger partial charge in [-0.1, -0.05) is 47.1 Å². The molecule has 2 N–H and O–H groups in total. The van der Waals surface area contributed by atoms with Crippen LogP contribution in [0, 0.1) is 5.82 Å². The summed E-state index contributed by atoms with van der Waals surface area (Å²) in [6.07, 6.45) is 1.60. The van der Waals surface area contributed by atoms with Gasteiger partial charge in [0.05, 0.1) is 0 Å². The molecule has 3 heteroatoms. The fraction of sp³-hybridized carbons (Fsp3) is 0.294. The molecule has 0 aliphatic heterocycles. The Morgan fingerprint density at radius 1 is 1.10 bits per heavy atom. The summed E-state index contributed by atoms with van der Waals surface area (Å²) in [5.74, 6) is -0.244. The highest BCUT2D eigenvalue weighted by atomic mass is 79.9. The lowest BCUT2D eigenvalue weighted by Crippen LogP contribution is -2.35. The van der Waals surface area contributed by atoms with Crippen molar-refractivity contribution in [1.29, 1.82) is 0 Å². The van der Waals surface area contributed by atoms with Crippen molar-refractivity contribution in [3.05, 3.63) is 69.4 Å². The molecule has 0 saturated heterocycles. The molecule has 2 rings (SSSR count). The van der Waals surface area contributed by atoms with Gasteiger partial charge in [0.1, 0.15) is 5.82 Å². The molecule has 0 aromatic heterocycles. The molecular weight excluding hydrogens is 317 g/mol. The Bertz CT molecular complexity index is 570. The molecule has 0 fully saturated rings. The average molecular weight is 336 g/mol. The monoisotopic (exact) mass is 335 g/mol. The van der Waals surface area contributed by atoms with Crippen molar-refractivity contribution in [3.8, 4) is 0 Å². The van der Waals surface area contributed by atoms with Crippen molar-refractivity contribution in [2.75, 3.05) is 0 Å². The van der Waals surface area contributed by atoms with Gasteiger partial charge in [-0.05, 0) is 54.7 Å². The van der Waals surface area contributed by atoms with E-state index in [0.29, 0.717) is 6.42 Å². The molecule has 0 bridgehead atoms. The highest BCUT2D eigenvalue weighted by Gasteiger charge is 2.22. The lowest BCUT2D eigenvalue weighted by molar-refractivity contribution is 0.489. The van der Waals surface area contributed by atoms with E-state index in [1.807, 2.05) is 13.0 Å². The molecule has 0 amide bonds. The van der Waals surface area contributed by atoms with Gasteiger partial charge in [0.25, 0.3) is 0 Å². The highest BCUT2D eigenvalue weighted by Crippen LogP contribution is 2.25. The topological polar surface area (TPSA) is 26.0 Å². The summed E-state index contributed by atoms with van der Waals surface area (Å²) in [4.78, 5) is 0. The first-order chi connectivity index (χ1) is 9.40. The molecule has 2 aromatic rings. The van der Waals surface area contributed by atoms with Crippen LogP contribution in [0.4, 0.5) is 4.39 Å². The normalized spacial score (nSPS) is 14.1. The van der Waals surface area contributed by atoms with E-state index in [1.165, 1.54) is 17.7 Å². The maximum atomic E-state index is 13.4. The predicted octanol–water partition coefficient (Wildman–Crippen LogP) is 4.57. The molecule has 0 radical (unpaired) electrons. The summed E-state index contributed by atoms with van der Waals surface area (Å²) >= 11 is 3.31. The molecule has 0 aliphatic carbocycles. The van der Waals surface area contributed by atoms with Crippen LogP contribution in [0.3, 0.4) is 0 Å². The molecule has 0 aliphatic rings. The van der Waals surface area contributed by atoms with E-state index in [-0.39, 0.29) is 5.82 Å². The number of hydrogen-bond donors (Lipinski definition) is 1. The number of aryl methyl sites for hydroxylation is 1. The van der Waals surface area contributed by atoms with Crippen molar-refractivity contribution in [2.45, 2.75) is 32.2 Å². The molecule has 0 heterocycles. The molecule has 1 nitrogen and oxygen atoms in total. The smallest absolute Gasteiger partial charge is 0.124 e. The van der Waals surface area contributed by atoms with E-state index in [0.717, 1.165) is 22.0 Å². The predicted molar refractivity (Wildman–Crippen MR) is 85.2 cm³/mol. The number of benzene rings is 2. The summed E-state index contributed by atoms with van der Waals surface area (Å²) in [5, 5.41) is 0. The van der Waals surface area contributed by atoms with Crippen molar-refractivity contribution in [2.24, 2.45) is 5.73 Å². The van der Waals surface area contributed by atoms with Gasteiger partial charge in [-0.2, -0.15) is 0 Å². The number of rotatable bonds is 4. The van der Waals surface area contributed by atoms with Crippen LogP contribution in [0.2, 0.25) is 0 Å². The zero-order valence-electron chi connectivity index (χ0n) is 11.8. The first kappa shape index (κ1) is 15.2. The van der Waals surface area contributed by atoms with Gasteiger partial charge in [-0.25, -0.2) is 4.39 Å². The van der Waals surface area contributed by atoms with Gasteiger partial charge in [0, 0.05) is 10.0 Å². The van der Waals surface area contributed by atoms with E-state index >= 15 is 0 Å². The summed E-state index contributed by atoms with van der Waals surface area (Å²) in [6, 6.07) is 13.2. The van der Waals surface area contributed by atoms with Crippen LogP contribution in [-0.2, 0) is 18.4 Å². The second-order valence-corrected chi connectivity index (χ2v) is 6.34. The molecule has 2 aromatic carbocycles. The molecule has 1 atom stereocenters. The van der Waals surface area contributed by atoms with Crippen LogP contribution in [-0.4, -0.2) is 0 Å². The second-order valence-electron chi connectivity index (χ2n) is 5.42. The third-order valence-corrected chi connectivity index (χ3v) is 3.97. The zero-order chi connectivity index (χ0) is 14.8. The average Bonchev–Trinajstić information content (AvgIpc) is 2.37. The van der Waals surface area contributed by atoms with Gasteiger partial charge in [0.2, 0.25) is 0 Å². The minimum Gasteiger partial charge on any atom is -0.321 e. The van der Waals surface area contributed by atoms with Crippen LogP contribution in [0.5, 0.6) is 0 Å². The van der Waals surface area contributed by atoms with Crippen molar-refractivity contribution in [3.63, 3.8) is 0 Å². The van der Waals surface area contributed by atoms with Gasteiger partial charge in [-0.3, -0.25) is 0 Å². The Balaban J connectivity index is 2.24. The SMILES string of the molecule is CCc1ccc(C(C)(N)Cc2cc(F)cc(Br)c2)cc1. The molecule has 106 valence electrons. The standard InChI is InChI=1S/C17H19BrFN/c1-3-12-4-6-14(7-5-12)17(2,20)11-13-8-15(18)10-16(19)9-13/h4-10H,3,11,20H2,1-2H3. The Kier molecular flexibility index (Phi) is 4.61. The fourth-order valence-corrected chi connectivity index (χ4v) is 2.87. The lowest BCUT2D eigenvalue weighted by atomic mass is 9.86. The third-order valence-electron chi connectivity index (χ3n) is 3.52. The van der Waals surface area contributed by atoms with Gasteiger partial charge in [0.15, 0.2) is 0 Å². The van der Waals surface area contributed by atoms with E-state index in [2.05, 4.69) is 47.1 Å².